The fourth-order valence-corrected chi connectivity index (χ4v) is 2.35. The Morgan fingerprint density at radius 3 is 2.47 bits per heavy atom. The average molecular weight is 250 g/mol. The molecule has 3 rings (SSSR count). The number of rotatable bonds is 0. The average Bonchev–Trinajstić information content (AvgIpc) is 2.46. The van der Waals surface area contributed by atoms with Crippen LogP contribution >= 0.6 is 0 Å². The molecule has 0 atom stereocenters. The molecular weight excluding hydrogens is 236 g/mol. The van der Waals surface area contributed by atoms with E-state index in [1.54, 1.807) is 0 Å². The van der Waals surface area contributed by atoms with E-state index in [-0.39, 0.29) is 0 Å². The largest absolute Gasteiger partial charge is 0.380 e. The van der Waals surface area contributed by atoms with E-state index in [9.17, 15) is 0 Å². The first-order valence-corrected chi connectivity index (χ1v) is 6.09. The van der Waals surface area contributed by atoms with E-state index in [1.165, 1.54) is 0 Å². The van der Waals surface area contributed by atoms with Gasteiger partial charge in [-0.1, -0.05) is 42.5 Å². The maximum atomic E-state index is 8.36. The highest BCUT2D eigenvalue weighted by atomic mass is 15.1. The van der Waals surface area contributed by atoms with Gasteiger partial charge in [0, 0.05) is 23.4 Å². The minimum atomic E-state index is 0.368. The van der Waals surface area contributed by atoms with E-state index < -0.39 is 0 Å². The zero-order valence-corrected chi connectivity index (χ0v) is 10.4. The number of hydrazone groups is 1. The van der Waals surface area contributed by atoms with E-state index in [4.69, 9.17) is 11.3 Å². The van der Waals surface area contributed by atoms with Crippen LogP contribution in [-0.2, 0) is 6.54 Å². The predicted octanol–water partition coefficient (Wildman–Crippen LogP) is 2.34. The monoisotopic (exact) mass is 250 g/mol. The number of nitrogens with zero attached hydrogens (tertiary/aromatic N) is 1. The summed E-state index contributed by atoms with van der Waals surface area (Å²) in [5.41, 5.74) is 4.63. The lowest BCUT2D eigenvalue weighted by molar-refractivity contribution is 1.13. The van der Waals surface area contributed by atoms with Gasteiger partial charge in [-0.05, 0) is 11.6 Å². The summed E-state index contributed by atoms with van der Waals surface area (Å²) in [6.07, 6.45) is 0. The first-order valence-electron chi connectivity index (χ1n) is 6.09. The third-order valence-electron chi connectivity index (χ3n) is 3.30. The Bertz CT molecular complexity index is 673. The lowest BCUT2D eigenvalue weighted by atomic mass is 9.93. The van der Waals surface area contributed by atoms with E-state index >= 15 is 0 Å². The van der Waals surface area contributed by atoms with Crippen LogP contribution in [0.4, 0.5) is 5.69 Å². The fourth-order valence-electron chi connectivity index (χ4n) is 2.35. The molecule has 0 amide bonds. The summed E-state index contributed by atoms with van der Waals surface area (Å²) in [5.74, 6) is 5.51. The summed E-state index contributed by atoms with van der Waals surface area (Å²) < 4.78 is 0. The first-order chi connectivity index (χ1) is 9.31. The van der Waals surface area contributed by atoms with Crippen molar-refractivity contribution < 1.29 is 0 Å². The maximum absolute atomic E-state index is 8.36. The van der Waals surface area contributed by atoms with Crippen molar-refractivity contribution in [3.05, 3.63) is 65.2 Å². The first kappa shape index (κ1) is 11.5. The molecule has 0 bridgehead atoms. The number of fused-ring (bicyclic) bond motifs is 2. The minimum Gasteiger partial charge on any atom is -0.380 e. The Morgan fingerprint density at radius 1 is 1.00 bits per heavy atom. The van der Waals surface area contributed by atoms with Crippen LogP contribution < -0.4 is 11.2 Å². The molecule has 19 heavy (non-hydrogen) atoms. The maximum Gasteiger partial charge on any atom is 0.117 e. The Kier molecular flexibility index (Phi) is 2.76. The number of nitrogens with two attached hydrogens (primary N) is 1. The Balaban J connectivity index is 2.21. The molecule has 4 N–H and O–H groups in total. The summed E-state index contributed by atoms with van der Waals surface area (Å²) in [6, 6.07) is 15.6. The van der Waals surface area contributed by atoms with Crippen LogP contribution in [0.3, 0.4) is 0 Å². The van der Waals surface area contributed by atoms with Gasteiger partial charge in [0.05, 0.1) is 5.71 Å². The molecular formula is C15H14N4. The van der Waals surface area contributed by atoms with Gasteiger partial charge < -0.3 is 11.2 Å². The van der Waals surface area contributed by atoms with Crippen LogP contribution in [0.25, 0.3) is 0 Å². The Morgan fingerprint density at radius 2 is 1.68 bits per heavy atom. The van der Waals surface area contributed by atoms with E-state index in [1.807, 2.05) is 48.5 Å². The standard InChI is InChI=1S/C15H14N4/c16-14-11-6-2-1-5-10(11)9-18-13-8-4-3-7-12(13)15(14)19-17/h1-8,16,18H,9,17H2. The van der Waals surface area contributed by atoms with Crippen LogP contribution in [0.5, 0.6) is 0 Å². The number of anilines is 1. The second-order valence-corrected chi connectivity index (χ2v) is 4.41. The molecule has 0 aromatic heterocycles. The van der Waals surface area contributed by atoms with E-state index in [0.29, 0.717) is 18.0 Å². The molecule has 0 saturated carbocycles. The van der Waals surface area contributed by atoms with Crippen LogP contribution in [0, 0.1) is 5.41 Å². The van der Waals surface area contributed by atoms with Gasteiger partial charge >= 0.3 is 0 Å². The molecule has 1 heterocycles. The molecule has 0 saturated heterocycles. The molecule has 0 radical (unpaired) electrons. The van der Waals surface area contributed by atoms with Crippen molar-refractivity contribution in [2.45, 2.75) is 6.54 Å². The molecule has 0 aliphatic carbocycles. The normalized spacial score (nSPS) is 16.0. The Hall–Kier alpha value is -2.62. The van der Waals surface area contributed by atoms with Gasteiger partial charge in [0.2, 0.25) is 0 Å². The smallest absolute Gasteiger partial charge is 0.117 e. The number of benzene rings is 2. The van der Waals surface area contributed by atoms with Crippen LogP contribution in [0.2, 0.25) is 0 Å². The van der Waals surface area contributed by atoms with Crippen molar-refractivity contribution in [2.24, 2.45) is 10.9 Å². The molecule has 0 spiro atoms. The van der Waals surface area contributed by atoms with E-state index in [0.717, 1.165) is 22.4 Å². The molecule has 0 fully saturated rings. The van der Waals surface area contributed by atoms with Crippen molar-refractivity contribution in [1.29, 1.82) is 5.41 Å². The highest BCUT2D eigenvalue weighted by molar-refractivity contribution is 6.53. The highest BCUT2D eigenvalue weighted by Gasteiger charge is 2.20. The van der Waals surface area contributed by atoms with Crippen molar-refractivity contribution in [3.8, 4) is 0 Å². The van der Waals surface area contributed by atoms with Gasteiger partial charge in [0.25, 0.3) is 0 Å². The topological polar surface area (TPSA) is 74.3 Å². The van der Waals surface area contributed by atoms with E-state index in [2.05, 4.69) is 10.4 Å². The highest BCUT2D eigenvalue weighted by Crippen LogP contribution is 2.23. The number of nitrogens with one attached hydrogen (secondary N) is 2. The summed E-state index contributed by atoms with van der Waals surface area (Å²) in [5, 5.41) is 15.6. The van der Waals surface area contributed by atoms with Gasteiger partial charge in [-0.25, -0.2) is 0 Å². The molecule has 1 aliphatic heterocycles. The quantitative estimate of drug-likeness (QED) is 0.496. The summed E-state index contributed by atoms with van der Waals surface area (Å²) in [6.45, 7) is 0.688. The molecule has 4 heteroatoms. The zero-order valence-electron chi connectivity index (χ0n) is 10.4. The van der Waals surface area contributed by atoms with Crippen molar-refractivity contribution in [1.82, 2.24) is 0 Å². The second-order valence-electron chi connectivity index (χ2n) is 4.41. The number of para-hydroxylation sites is 1. The molecule has 1 aliphatic rings. The lowest BCUT2D eigenvalue weighted by Gasteiger charge is -2.20. The fraction of sp³-hybridized carbons (Fsp3) is 0.0667. The molecule has 0 unspecified atom stereocenters. The number of hydrogen-bond donors (Lipinski definition) is 3. The van der Waals surface area contributed by atoms with Crippen molar-refractivity contribution in [2.75, 3.05) is 5.32 Å². The lowest BCUT2D eigenvalue weighted by Crippen LogP contribution is -2.24. The summed E-state index contributed by atoms with van der Waals surface area (Å²) >= 11 is 0. The van der Waals surface area contributed by atoms with Gasteiger partial charge in [0.15, 0.2) is 0 Å². The van der Waals surface area contributed by atoms with Gasteiger partial charge in [-0.2, -0.15) is 5.10 Å². The van der Waals surface area contributed by atoms with Crippen molar-refractivity contribution >= 4 is 17.1 Å². The zero-order chi connectivity index (χ0) is 13.2. The Labute approximate surface area is 111 Å². The molecule has 94 valence electrons. The third kappa shape index (κ3) is 1.87. The van der Waals surface area contributed by atoms with Gasteiger partial charge in [-0.15, -0.1) is 0 Å². The van der Waals surface area contributed by atoms with Gasteiger partial charge in [-0.3, -0.25) is 5.41 Å². The van der Waals surface area contributed by atoms with Crippen LogP contribution in [0.1, 0.15) is 16.7 Å². The van der Waals surface area contributed by atoms with Gasteiger partial charge in [0.1, 0.15) is 5.71 Å². The predicted molar refractivity (Wildman–Crippen MR) is 77.8 cm³/mol. The molecule has 4 nitrogen and oxygen atoms in total. The minimum absolute atomic E-state index is 0.368. The van der Waals surface area contributed by atoms with Crippen LogP contribution in [0.15, 0.2) is 53.6 Å². The van der Waals surface area contributed by atoms with Crippen molar-refractivity contribution in [3.63, 3.8) is 0 Å². The third-order valence-corrected chi connectivity index (χ3v) is 3.30. The SMILES string of the molecule is N=C1C(=NN)c2ccccc2NCc2ccccc21. The summed E-state index contributed by atoms with van der Waals surface area (Å²) in [7, 11) is 0. The molecule has 2 aromatic carbocycles. The number of hydrogen-bond acceptors (Lipinski definition) is 4. The molecule has 2 aromatic rings. The van der Waals surface area contributed by atoms with Crippen LogP contribution in [-0.4, -0.2) is 11.4 Å². The summed E-state index contributed by atoms with van der Waals surface area (Å²) in [4.78, 5) is 0. The second kappa shape index (κ2) is 4.57.